The lowest BCUT2D eigenvalue weighted by atomic mass is 9.95. The predicted octanol–water partition coefficient (Wildman–Crippen LogP) is 6.06. The topological polar surface area (TPSA) is 67.4 Å². The van der Waals surface area contributed by atoms with E-state index >= 15 is 0 Å². The van der Waals surface area contributed by atoms with E-state index in [0.717, 1.165) is 24.5 Å². The van der Waals surface area contributed by atoms with Gasteiger partial charge in [-0.25, -0.2) is 4.39 Å². The first kappa shape index (κ1) is 22.1. The first-order chi connectivity index (χ1) is 15.3. The SMILES string of the molecule is COc1ccc(NC(=O)C2(c3ccc(Cl)cc3)CC2)cc1NC(=O)c1ccc(Cl)cc1F. The molecule has 0 radical (unpaired) electrons. The zero-order valence-electron chi connectivity index (χ0n) is 17.0. The van der Waals surface area contributed by atoms with Gasteiger partial charge in [-0.1, -0.05) is 35.3 Å². The summed E-state index contributed by atoms with van der Waals surface area (Å²) in [5, 5.41) is 6.34. The third-order valence-electron chi connectivity index (χ3n) is 5.46. The number of nitrogens with one attached hydrogen (secondary N) is 2. The Morgan fingerprint density at radius 1 is 0.938 bits per heavy atom. The molecule has 32 heavy (non-hydrogen) atoms. The quantitative estimate of drug-likeness (QED) is 0.457. The number of benzene rings is 3. The number of rotatable bonds is 6. The summed E-state index contributed by atoms with van der Waals surface area (Å²) in [4.78, 5) is 25.6. The van der Waals surface area contributed by atoms with Crippen molar-refractivity contribution in [3.05, 3.63) is 87.7 Å². The minimum absolute atomic E-state index is 0.147. The maximum Gasteiger partial charge on any atom is 0.258 e. The van der Waals surface area contributed by atoms with E-state index < -0.39 is 17.1 Å². The summed E-state index contributed by atoms with van der Waals surface area (Å²) in [6.07, 6.45) is 1.46. The number of methoxy groups -OCH3 is 1. The molecule has 0 bridgehead atoms. The molecule has 0 aliphatic heterocycles. The molecule has 164 valence electrons. The van der Waals surface area contributed by atoms with E-state index in [1.165, 1.54) is 19.2 Å². The van der Waals surface area contributed by atoms with Gasteiger partial charge in [-0.15, -0.1) is 0 Å². The van der Waals surface area contributed by atoms with Crippen molar-refractivity contribution in [3.63, 3.8) is 0 Å². The molecule has 1 aliphatic carbocycles. The Balaban J connectivity index is 1.55. The van der Waals surface area contributed by atoms with Gasteiger partial charge in [0.15, 0.2) is 0 Å². The van der Waals surface area contributed by atoms with E-state index in [-0.39, 0.29) is 16.5 Å². The van der Waals surface area contributed by atoms with E-state index in [0.29, 0.717) is 22.1 Å². The number of hydrogen-bond acceptors (Lipinski definition) is 3. The fraction of sp³-hybridized carbons (Fsp3) is 0.167. The Bertz CT molecular complexity index is 1190. The molecule has 1 fully saturated rings. The van der Waals surface area contributed by atoms with E-state index in [4.69, 9.17) is 27.9 Å². The Hall–Kier alpha value is -3.09. The summed E-state index contributed by atoms with van der Waals surface area (Å²) in [5.41, 5.74) is 0.912. The fourth-order valence-corrected chi connectivity index (χ4v) is 3.82. The molecule has 2 amide bonds. The van der Waals surface area contributed by atoms with Crippen molar-refractivity contribution in [1.29, 1.82) is 0 Å². The Morgan fingerprint density at radius 2 is 1.62 bits per heavy atom. The van der Waals surface area contributed by atoms with Crippen molar-refractivity contribution in [1.82, 2.24) is 0 Å². The largest absolute Gasteiger partial charge is 0.495 e. The van der Waals surface area contributed by atoms with Crippen LogP contribution >= 0.6 is 23.2 Å². The summed E-state index contributed by atoms with van der Waals surface area (Å²) in [5.74, 6) is -1.19. The number of carbonyl (C=O) groups excluding carboxylic acids is 2. The van der Waals surface area contributed by atoms with Crippen LogP contribution in [0.25, 0.3) is 0 Å². The van der Waals surface area contributed by atoms with E-state index in [1.807, 2.05) is 12.1 Å². The van der Waals surface area contributed by atoms with Gasteiger partial charge in [-0.05, 0) is 66.9 Å². The highest BCUT2D eigenvalue weighted by atomic mass is 35.5. The molecule has 0 saturated heterocycles. The molecule has 0 aromatic heterocycles. The molecule has 2 N–H and O–H groups in total. The van der Waals surface area contributed by atoms with Crippen molar-refractivity contribution in [2.24, 2.45) is 0 Å². The van der Waals surface area contributed by atoms with E-state index in [9.17, 15) is 14.0 Å². The first-order valence-electron chi connectivity index (χ1n) is 9.84. The van der Waals surface area contributed by atoms with Crippen LogP contribution in [0.1, 0.15) is 28.8 Å². The number of amides is 2. The molecule has 0 spiro atoms. The van der Waals surface area contributed by atoms with Gasteiger partial charge in [0.1, 0.15) is 11.6 Å². The molecule has 3 aromatic rings. The highest BCUT2D eigenvalue weighted by Gasteiger charge is 2.51. The zero-order valence-corrected chi connectivity index (χ0v) is 18.6. The summed E-state index contributed by atoms with van der Waals surface area (Å²) >= 11 is 11.7. The molecule has 5 nitrogen and oxygen atoms in total. The Labute approximate surface area is 194 Å². The van der Waals surface area contributed by atoms with Crippen LogP contribution in [0.15, 0.2) is 60.7 Å². The lowest BCUT2D eigenvalue weighted by Crippen LogP contribution is -2.27. The van der Waals surface area contributed by atoms with Crippen molar-refractivity contribution in [3.8, 4) is 5.75 Å². The van der Waals surface area contributed by atoms with Gasteiger partial charge in [-0.3, -0.25) is 9.59 Å². The van der Waals surface area contributed by atoms with Crippen LogP contribution in [0.5, 0.6) is 5.75 Å². The van der Waals surface area contributed by atoms with Crippen LogP contribution in [0.2, 0.25) is 10.0 Å². The molecule has 1 saturated carbocycles. The van der Waals surface area contributed by atoms with Gasteiger partial charge in [0.05, 0.1) is 23.8 Å². The van der Waals surface area contributed by atoms with Crippen LogP contribution in [0.4, 0.5) is 15.8 Å². The normalized spacial score (nSPS) is 13.9. The summed E-state index contributed by atoms with van der Waals surface area (Å²) in [6.45, 7) is 0. The predicted molar refractivity (Wildman–Crippen MR) is 123 cm³/mol. The third kappa shape index (κ3) is 4.42. The standard InChI is InChI=1S/C24H19Cl2FN2O3/c1-32-21-9-7-17(13-20(21)29-22(30)18-8-6-16(26)12-19(18)27)28-23(31)24(10-11-24)14-2-4-15(25)5-3-14/h2-9,12-13H,10-11H2,1H3,(H,28,31)(H,29,30). The Kier molecular flexibility index (Phi) is 6.09. The first-order valence-corrected chi connectivity index (χ1v) is 10.6. The molecule has 0 atom stereocenters. The summed E-state index contributed by atoms with van der Waals surface area (Å²) in [7, 11) is 1.45. The number of halogens is 3. The second kappa shape index (κ2) is 8.81. The minimum atomic E-state index is -0.739. The van der Waals surface area contributed by atoms with Crippen LogP contribution in [-0.4, -0.2) is 18.9 Å². The molecular weight excluding hydrogens is 454 g/mol. The van der Waals surface area contributed by atoms with Crippen LogP contribution in [0, 0.1) is 5.82 Å². The average molecular weight is 473 g/mol. The molecule has 0 heterocycles. The van der Waals surface area contributed by atoms with Gasteiger partial charge in [-0.2, -0.15) is 0 Å². The number of ether oxygens (including phenoxy) is 1. The maximum absolute atomic E-state index is 14.1. The molecule has 3 aromatic carbocycles. The number of hydrogen-bond donors (Lipinski definition) is 2. The molecule has 1 aliphatic rings. The van der Waals surface area contributed by atoms with Crippen LogP contribution in [0.3, 0.4) is 0 Å². The number of anilines is 2. The van der Waals surface area contributed by atoms with Gasteiger partial charge in [0, 0.05) is 15.7 Å². The van der Waals surface area contributed by atoms with Crippen molar-refractivity contribution >= 4 is 46.4 Å². The highest BCUT2D eigenvalue weighted by molar-refractivity contribution is 6.31. The minimum Gasteiger partial charge on any atom is -0.495 e. The second-order valence-electron chi connectivity index (χ2n) is 7.54. The van der Waals surface area contributed by atoms with Gasteiger partial charge in [0.25, 0.3) is 5.91 Å². The smallest absolute Gasteiger partial charge is 0.258 e. The van der Waals surface area contributed by atoms with Gasteiger partial charge < -0.3 is 15.4 Å². The van der Waals surface area contributed by atoms with E-state index in [2.05, 4.69) is 10.6 Å². The van der Waals surface area contributed by atoms with Gasteiger partial charge in [0.2, 0.25) is 5.91 Å². The molecule has 4 rings (SSSR count). The Morgan fingerprint density at radius 3 is 2.25 bits per heavy atom. The number of carbonyl (C=O) groups is 2. The maximum atomic E-state index is 14.1. The van der Waals surface area contributed by atoms with E-state index in [1.54, 1.807) is 30.3 Å². The molecule has 0 unspecified atom stereocenters. The van der Waals surface area contributed by atoms with Crippen molar-refractivity contribution in [2.75, 3.05) is 17.7 Å². The molecular formula is C24H19Cl2FN2O3. The second-order valence-corrected chi connectivity index (χ2v) is 8.41. The van der Waals surface area contributed by atoms with Crippen LogP contribution < -0.4 is 15.4 Å². The fourth-order valence-electron chi connectivity index (χ4n) is 3.54. The van der Waals surface area contributed by atoms with Crippen molar-refractivity contribution < 1.29 is 18.7 Å². The van der Waals surface area contributed by atoms with Gasteiger partial charge >= 0.3 is 0 Å². The monoisotopic (exact) mass is 472 g/mol. The zero-order chi connectivity index (χ0) is 22.9. The molecule has 8 heteroatoms. The van der Waals surface area contributed by atoms with Crippen molar-refractivity contribution in [2.45, 2.75) is 18.3 Å². The lowest BCUT2D eigenvalue weighted by molar-refractivity contribution is -0.118. The third-order valence-corrected chi connectivity index (χ3v) is 5.95. The van der Waals surface area contributed by atoms with Crippen LogP contribution in [-0.2, 0) is 10.2 Å². The average Bonchev–Trinajstić information content (AvgIpc) is 3.56. The highest BCUT2D eigenvalue weighted by Crippen LogP contribution is 2.49. The summed E-state index contributed by atoms with van der Waals surface area (Å²) in [6, 6.07) is 15.9. The summed E-state index contributed by atoms with van der Waals surface area (Å²) < 4.78 is 19.4. The lowest BCUT2D eigenvalue weighted by Gasteiger charge is -2.17.